The van der Waals surface area contributed by atoms with Gasteiger partial charge in [0.25, 0.3) is 0 Å². The quantitative estimate of drug-likeness (QED) is 0.541. The van der Waals surface area contributed by atoms with Gasteiger partial charge in [0.1, 0.15) is 0 Å². The third-order valence-electron chi connectivity index (χ3n) is 3.31. The van der Waals surface area contributed by atoms with Crippen LogP contribution in [0.25, 0.3) is 0 Å². The first-order chi connectivity index (χ1) is 7.93. The third kappa shape index (κ3) is 3.33. The maximum atomic E-state index is 12.6. The number of rotatable bonds is 5. The van der Waals surface area contributed by atoms with Gasteiger partial charge in [0, 0.05) is 12.2 Å². The molecule has 0 aliphatic rings. The maximum absolute atomic E-state index is 12.6. The lowest BCUT2D eigenvalue weighted by atomic mass is 10.2. The minimum absolute atomic E-state index is 0.322. The van der Waals surface area contributed by atoms with Gasteiger partial charge in [0.2, 0.25) is 0 Å². The van der Waals surface area contributed by atoms with Crippen LogP contribution in [0.1, 0.15) is 20.3 Å². The van der Waals surface area contributed by atoms with Crippen LogP contribution in [0.3, 0.4) is 0 Å². The average Bonchev–Trinajstić information content (AvgIpc) is 2.29. The molecular weight excluding hydrogens is 250 g/mol. The Morgan fingerprint density at radius 1 is 1.47 bits per heavy atom. The van der Waals surface area contributed by atoms with Crippen molar-refractivity contribution in [1.29, 1.82) is 0 Å². The molecule has 0 amide bonds. The Kier molecular flexibility index (Phi) is 5.22. The van der Waals surface area contributed by atoms with E-state index in [2.05, 4.69) is 39.8 Å². The Morgan fingerprint density at radius 3 is 2.59 bits per heavy atom. The van der Waals surface area contributed by atoms with Crippen LogP contribution >= 0.6 is 19.4 Å². The van der Waals surface area contributed by atoms with E-state index in [1.807, 2.05) is 18.2 Å². The number of hydrogen-bond donors (Lipinski definition) is 0. The lowest BCUT2D eigenvalue weighted by Gasteiger charge is -2.27. The first-order valence-corrected chi connectivity index (χ1v) is 9.28. The Balaban J connectivity index is 3.14. The van der Waals surface area contributed by atoms with Gasteiger partial charge >= 0.3 is 0 Å². The summed E-state index contributed by atoms with van der Waals surface area (Å²) < 4.78 is 12.6. The zero-order valence-electron chi connectivity index (χ0n) is 11.0. The molecule has 0 fully saturated rings. The van der Waals surface area contributed by atoms with Gasteiger partial charge in [-0.15, -0.1) is 0 Å². The van der Waals surface area contributed by atoms with Crippen molar-refractivity contribution in [3.63, 3.8) is 0 Å². The Labute approximate surface area is 109 Å². The molecule has 0 bridgehead atoms. The molecule has 17 heavy (non-hydrogen) atoms. The topological polar surface area (TPSA) is 0 Å². The third-order valence-corrected chi connectivity index (χ3v) is 7.71. The highest BCUT2D eigenvalue weighted by molar-refractivity contribution is 7.94. The number of benzene rings is 1. The van der Waals surface area contributed by atoms with E-state index in [1.165, 1.54) is 10.9 Å². The summed E-state index contributed by atoms with van der Waals surface area (Å²) >= 11 is 0.322. The van der Waals surface area contributed by atoms with Crippen molar-refractivity contribution >= 4 is 24.7 Å². The summed E-state index contributed by atoms with van der Waals surface area (Å²) in [7, 11) is -1.28. The summed E-state index contributed by atoms with van der Waals surface area (Å²) in [5.41, 5.74) is 1.77. The van der Waals surface area contributed by atoms with Gasteiger partial charge in [0.15, 0.2) is 0 Å². The summed E-state index contributed by atoms with van der Waals surface area (Å²) in [6.07, 6.45) is 1.10. The normalized spacial score (nSPS) is 13.5. The first kappa shape index (κ1) is 14.7. The average molecular weight is 271 g/mol. The maximum Gasteiger partial charge on any atom is 0.0952 e. The highest BCUT2D eigenvalue weighted by Gasteiger charge is 2.38. The van der Waals surface area contributed by atoms with E-state index in [9.17, 15) is 3.89 Å². The minimum atomic E-state index is -1.28. The number of hydrogen-bond acceptors (Lipinski definition) is 1. The van der Waals surface area contributed by atoms with Crippen LogP contribution in [-0.2, 0) is 0 Å². The van der Waals surface area contributed by atoms with Crippen LogP contribution in [0.4, 0.5) is 3.89 Å². The standard InChI is InChI=1S/C14H21FPS/c1-6-14(11(2)3)16(4,5)12-8-7-9-13(10-12)17-15/h7-10,14H,2,6H2,1,3-5H3/q+1. The van der Waals surface area contributed by atoms with Crippen LogP contribution in [0.2, 0.25) is 0 Å². The molecule has 0 radical (unpaired) electrons. The highest BCUT2D eigenvalue weighted by Crippen LogP contribution is 2.58. The lowest BCUT2D eigenvalue weighted by molar-refractivity contribution is 0.912. The SMILES string of the molecule is C=C(C)C(CC)[P+](C)(C)c1cccc(SF)c1. The Bertz CT molecular complexity index is 401. The fourth-order valence-electron chi connectivity index (χ4n) is 2.43. The summed E-state index contributed by atoms with van der Waals surface area (Å²) in [5.74, 6) is 0. The summed E-state index contributed by atoms with van der Waals surface area (Å²) in [6.45, 7) is 13.0. The highest BCUT2D eigenvalue weighted by atomic mass is 32.2. The van der Waals surface area contributed by atoms with Crippen molar-refractivity contribution in [2.45, 2.75) is 30.8 Å². The van der Waals surface area contributed by atoms with E-state index in [-0.39, 0.29) is 0 Å². The summed E-state index contributed by atoms with van der Waals surface area (Å²) in [5, 5.41) is 1.29. The van der Waals surface area contributed by atoms with Gasteiger partial charge in [-0.2, -0.15) is 3.89 Å². The largest absolute Gasteiger partial charge is 0.160 e. The zero-order valence-corrected chi connectivity index (χ0v) is 12.7. The molecule has 1 atom stereocenters. The lowest BCUT2D eigenvalue weighted by Crippen LogP contribution is -2.22. The van der Waals surface area contributed by atoms with Gasteiger partial charge in [-0.05, 0) is 37.1 Å². The fraction of sp³-hybridized carbons (Fsp3) is 0.429. The second-order valence-electron chi connectivity index (χ2n) is 4.88. The van der Waals surface area contributed by atoms with Crippen molar-refractivity contribution in [1.82, 2.24) is 0 Å². The molecule has 1 aromatic rings. The molecular formula is C14H21FPS+. The van der Waals surface area contributed by atoms with Crippen LogP contribution < -0.4 is 5.30 Å². The van der Waals surface area contributed by atoms with E-state index in [0.717, 1.165) is 6.42 Å². The molecule has 0 spiro atoms. The van der Waals surface area contributed by atoms with Crippen LogP contribution in [0.5, 0.6) is 0 Å². The second kappa shape index (κ2) is 6.02. The molecule has 0 nitrogen and oxygen atoms in total. The molecule has 0 aromatic heterocycles. The van der Waals surface area contributed by atoms with Gasteiger partial charge < -0.3 is 0 Å². The van der Waals surface area contributed by atoms with Crippen LogP contribution in [-0.4, -0.2) is 19.0 Å². The molecule has 0 saturated carbocycles. The monoisotopic (exact) mass is 271 g/mol. The van der Waals surface area contributed by atoms with Crippen molar-refractivity contribution in [3.05, 3.63) is 36.4 Å². The predicted molar refractivity (Wildman–Crippen MR) is 80.7 cm³/mol. The van der Waals surface area contributed by atoms with Crippen molar-refractivity contribution in [3.8, 4) is 0 Å². The fourth-order valence-corrected chi connectivity index (χ4v) is 6.13. The van der Waals surface area contributed by atoms with E-state index < -0.39 is 7.26 Å². The van der Waals surface area contributed by atoms with Crippen LogP contribution in [0, 0.1) is 0 Å². The van der Waals surface area contributed by atoms with Gasteiger partial charge in [0.05, 0.1) is 36.4 Å². The molecule has 0 saturated heterocycles. The van der Waals surface area contributed by atoms with Crippen LogP contribution in [0.15, 0.2) is 41.3 Å². The number of halogens is 1. The smallest absolute Gasteiger partial charge is 0.0952 e. The summed E-state index contributed by atoms with van der Waals surface area (Å²) in [6, 6.07) is 7.88. The molecule has 0 N–H and O–H groups in total. The van der Waals surface area contributed by atoms with E-state index >= 15 is 0 Å². The Morgan fingerprint density at radius 2 is 2.12 bits per heavy atom. The van der Waals surface area contributed by atoms with E-state index in [1.54, 1.807) is 0 Å². The first-order valence-electron chi connectivity index (χ1n) is 5.81. The molecule has 1 rings (SSSR count). The molecule has 0 aliphatic heterocycles. The summed E-state index contributed by atoms with van der Waals surface area (Å²) in [4.78, 5) is 0.701. The molecule has 1 unspecified atom stereocenters. The molecule has 0 aliphatic carbocycles. The van der Waals surface area contributed by atoms with Gasteiger partial charge in [-0.1, -0.05) is 19.6 Å². The predicted octanol–water partition coefficient (Wildman–Crippen LogP) is 4.92. The Hall–Kier alpha value is -0.330. The molecule has 94 valence electrons. The van der Waals surface area contributed by atoms with Gasteiger partial charge in [-0.25, -0.2) is 0 Å². The minimum Gasteiger partial charge on any atom is -0.160 e. The molecule has 1 aromatic carbocycles. The second-order valence-corrected chi connectivity index (χ2v) is 9.73. The molecule has 0 heterocycles. The van der Waals surface area contributed by atoms with E-state index in [4.69, 9.17) is 0 Å². The van der Waals surface area contributed by atoms with Crippen molar-refractivity contribution < 1.29 is 3.89 Å². The zero-order chi connectivity index (χ0) is 13.1. The number of allylic oxidation sites excluding steroid dienone is 1. The van der Waals surface area contributed by atoms with Crippen molar-refractivity contribution in [2.75, 3.05) is 13.3 Å². The van der Waals surface area contributed by atoms with Gasteiger partial charge in [-0.3, -0.25) is 0 Å². The molecule has 3 heteroatoms. The van der Waals surface area contributed by atoms with Crippen molar-refractivity contribution in [2.24, 2.45) is 0 Å². The van der Waals surface area contributed by atoms with E-state index in [0.29, 0.717) is 22.7 Å².